The van der Waals surface area contributed by atoms with Gasteiger partial charge in [0.2, 0.25) is 5.91 Å². The number of fused-ring (bicyclic) bond motifs is 2. The molecule has 0 aromatic rings. The van der Waals surface area contributed by atoms with E-state index in [1.54, 1.807) is 0 Å². The van der Waals surface area contributed by atoms with Gasteiger partial charge in [-0.15, -0.1) is 0 Å². The summed E-state index contributed by atoms with van der Waals surface area (Å²) >= 11 is 0. The van der Waals surface area contributed by atoms with E-state index in [0.717, 1.165) is 19.5 Å². The quantitative estimate of drug-likeness (QED) is 0.687. The molecule has 2 aliphatic heterocycles. The van der Waals surface area contributed by atoms with Crippen molar-refractivity contribution in [3.05, 3.63) is 0 Å². The highest BCUT2D eigenvalue weighted by atomic mass is 16.1. The minimum absolute atomic E-state index is 0.0250. The molecule has 2 aliphatic rings. The third-order valence-corrected chi connectivity index (χ3v) is 4.15. The summed E-state index contributed by atoms with van der Waals surface area (Å²) in [7, 11) is 1.97. The van der Waals surface area contributed by atoms with Crippen molar-refractivity contribution in [3.63, 3.8) is 0 Å². The van der Waals surface area contributed by atoms with E-state index < -0.39 is 0 Å². The summed E-state index contributed by atoms with van der Waals surface area (Å²) in [5.74, 6) is 0.417. The second-order valence-corrected chi connectivity index (χ2v) is 4.94. The molecular formula is C11H21N3O. The van der Waals surface area contributed by atoms with Crippen LogP contribution in [-0.4, -0.2) is 43.0 Å². The van der Waals surface area contributed by atoms with Crippen LogP contribution in [0, 0.1) is 5.92 Å². The van der Waals surface area contributed by atoms with Crippen LogP contribution in [0.15, 0.2) is 0 Å². The Morgan fingerprint density at radius 2 is 2.40 bits per heavy atom. The lowest BCUT2D eigenvalue weighted by molar-refractivity contribution is -0.121. The molecule has 0 aliphatic carbocycles. The molecule has 2 rings (SSSR count). The zero-order valence-electron chi connectivity index (χ0n) is 9.46. The van der Waals surface area contributed by atoms with Gasteiger partial charge >= 0.3 is 0 Å². The van der Waals surface area contributed by atoms with Gasteiger partial charge in [-0.3, -0.25) is 4.79 Å². The van der Waals surface area contributed by atoms with Gasteiger partial charge in [0.1, 0.15) is 0 Å². The second-order valence-electron chi connectivity index (χ2n) is 4.94. The summed E-state index contributed by atoms with van der Waals surface area (Å²) in [5.41, 5.74) is 5.34. The normalized spacial score (nSPS) is 40.1. The molecule has 0 radical (unpaired) electrons. The molecule has 3 atom stereocenters. The number of primary amides is 1. The van der Waals surface area contributed by atoms with Gasteiger partial charge in [0.15, 0.2) is 0 Å². The molecule has 2 fully saturated rings. The lowest BCUT2D eigenvalue weighted by Crippen LogP contribution is -2.61. The molecular weight excluding hydrogens is 190 g/mol. The van der Waals surface area contributed by atoms with E-state index in [2.05, 4.69) is 10.2 Å². The summed E-state index contributed by atoms with van der Waals surface area (Å²) < 4.78 is 0. The third-order valence-electron chi connectivity index (χ3n) is 4.15. The van der Waals surface area contributed by atoms with Crippen molar-refractivity contribution in [2.75, 3.05) is 26.7 Å². The van der Waals surface area contributed by atoms with E-state index in [1.807, 2.05) is 7.05 Å². The van der Waals surface area contributed by atoms with Gasteiger partial charge < -0.3 is 16.0 Å². The summed E-state index contributed by atoms with van der Waals surface area (Å²) in [6.07, 6.45) is 4.02. The molecule has 3 unspecified atom stereocenters. The monoisotopic (exact) mass is 211 g/mol. The molecule has 86 valence electrons. The Labute approximate surface area is 91.2 Å². The smallest absolute Gasteiger partial charge is 0.219 e. The average molecular weight is 211 g/mol. The van der Waals surface area contributed by atoms with Crippen LogP contribution in [0.4, 0.5) is 0 Å². The molecule has 4 nitrogen and oxygen atoms in total. The Morgan fingerprint density at radius 3 is 3.07 bits per heavy atom. The van der Waals surface area contributed by atoms with E-state index in [1.165, 1.54) is 19.4 Å². The summed E-state index contributed by atoms with van der Waals surface area (Å²) in [6.45, 7) is 3.46. The van der Waals surface area contributed by atoms with Crippen molar-refractivity contribution in [1.29, 1.82) is 0 Å². The minimum Gasteiger partial charge on any atom is -0.370 e. The van der Waals surface area contributed by atoms with E-state index >= 15 is 0 Å². The SMILES string of the molecule is CNC1(CC(N)=O)CCN2CCCC1C2. The van der Waals surface area contributed by atoms with Gasteiger partial charge in [0, 0.05) is 18.5 Å². The van der Waals surface area contributed by atoms with E-state index in [4.69, 9.17) is 5.73 Å². The first-order chi connectivity index (χ1) is 7.16. The summed E-state index contributed by atoms with van der Waals surface area (Å²) in [5, 5.41) is 3.38. The lowest BCUT2D eigenvalue weighted by atomic mass is 9.71. The molecule has 0 aromatic heterocycles. The van der Waals surface area contributed by atoms with Gasteiger partial charge in [-0.1, -0.05) is 0 Å². The summed E-state index contributed by atoms with van der Waals surface area (Å²) in [6, 6.07) is 0. The Bertz CT molecular complexity index is 256. The number of nitrogens with zero attached hydrogens (tertiary/aromatic N) is 1. The fourth-order valence-electron chi connectivity index (χ4n) is 3.23. The number of amides is 1. The van der Waals surface area contributed by atoms with Crippen molar-refractivity contribution in [2.24, 2.45) is 11.7 Å². The van der Waals surface area contributed by atoms with Crippen molar-refractivity contribution in [2.45, 2.75) is 31.2 Å². The van der Waals surface area contributed by atoms with Crippen LogP contribution in [0.1, 0.15) is 25.7 Å². The maximum atomic E-state index is 11.2. The Balaban J connectivity index is 2.13. The first-order valence-electron chi connectivity index (χ1n) is 5.86. The number of carbonyl (C=O) groups excluding carboxylic acids is 1. The largest absolute Gasteiger partial charge is 0.370 e. The van der Waals surface area contributed by atoms with E-state index in [0.29, 0.717) is 12.3 Å². The number of nitrogens with two attached hydrogens (primary N) is 1. The second kappa shape index (κ2) is 4.10. The van der Waals surface area contributed by atoms with Crippen molar-refractivity contribution in [3.8, 4) is 0 Å². The highest BCUT2D eigenvalue weighted by Gasteiger charge is 2.44. The highest BCUT2D eigenvalue weighted by Crippen LogP contribution is 2.36. The summed E-state index contributed by atoms with van der Waals surface area (Å²) in [4.78, 5) is 13.7. The number of carbonyl (C=O) groups is 1. The fraction of sp³-hybridized carbons (Fsp3) is 0.909. The van der Waals surface area contributed by atoms with Crippen molar-refractivity contribution < 1.29 is 4.79 Å². The first-order valence-corrected chi connectivity index (χ1v) is 5.86. The predicted octanol–water partition coefficient (Wildman–Crippen LogP) is -0.0643. The maximum absolute atomic E-state index is 11.2. The number of hydrogen-bond acceptors (Lipinski definition) is 3. The maximum Gasteiger partial charge on any atom is 0.219 e. The number of nitrogens with one attached hydrogen (secondary N) is 1. The van der Waals surface area contributed by atoms with Crippen LogP contribution >= 0.6 is 0 Å². The number of hydrogen-bond donors (Lipinski definition) is 2. The van der Waals surface area contributed by atoms with Crippen LogP contribution in [0.5, 0.6) is 0 Å². The Hall–Kier alpha value is -0.610. The van der Waals surface area contributed by atoms with Gasteiger partial charge in [0.05, 0.1) is 0 Å². The molecule has 1 amide bonds. The molecule has 0 aromatic carbocycles. The number of piperidine rings is 2. The van der Waals surface area contributed by atoms with Gasteiger partial charge in [-0.25, -0.2) is 0 Å². The van der Waals surface area contributed by atoms with Crippen LogP contribution < -0.4 is 11.1 Å². The van der Waals surface area contributed by atoms with Crippen LogP contribution in [0.25, 0.3) is 0 Å². The zero-order valence-corrected chi connectivity index (χ0v) is 9.46. The fourth-order valence-corrected chi connectivity index (χ4v) is 3.23. The zero-order chi connectivity index (χ0) is 10.9. The van der Waals surface area contributed by atoms with Gasteiger partial charge in [-0.2, -0.15) is 0 Å². The first kappa shape index (κ1) is 10.9. The molecule has 15 heavy (non-hydrogen) atoms. The van der Waals surface area contributed by atoms with Crippen LogP contribution in [-0.2, 0) is 4.79 Å². The molecule has 0 saturated carbocycles. The van der Waals surface area contributed by atoms with Crippen LogP contribution in [0.3, 0.4) is 0 Å². The predicted molar refractivity (Wildman–Crippen MR) is 59.4 cm³/mol. The van der Waals surface area contributed by atoms with Crippen molar-refractivity contribution in [1.82, 2.24) is 10.2 Å². The molecule has 2 bridgehead atoms. The number of rotatable bonds is 3. The van der Waals surface area contributed by atoms with Crippen LogP contribution in [0.2, 0.25) is 0 Å². The molecule has 2 heterocycles. The molecule has 2 saturated heterocycles. The van der Waals surface area contributed by atoms with Crippen molar-refractivity contribution >= 4 is 5.91 Å². The van der Waals surface area contributed by atoms with Gasteiger partial charge in [-0.05, 0) is 45.3 Å². The Morgan fingerprint density at radius 1 is 1.60 bits per heavy atom. The topological polar surface area (TPSA) is 58.4 Å². The molecule has 3 N–H and O–H groups in total. The third kappa shape index (κ3) is 2.01. The van der Waals surface area contributed by atoms with E-state index in [9.17, 15) is 4.79 Å². The molecule has 0 spiro atoms. The average Bonchev–Trinajstić information content (AvgIpc) is 2.23. The van der Waals surface area contributed by atoms with E-state index in [-0.39, 0.29) is 11.4 Å². The standard InChI is InChI=1S/C11H21N3O/c1-13-11(7-10(12)15)4-6-14-5-2-3-9(11)8-14/h9,13H,2-8H2,1H3,(H2,12,15). The lowest BCUT2D eigenvalue weighted by Gasteiger charge is -2.50. The Kier molecular flexibility index (Phi) is 2.98. The highest BCUT2D eigenvalue weighted by molar-refractivity contribution is 5.75. The molecule has 4 heteroatoms. The minimum atomic E-state index is -0.177. The van der Waals surface area contributed by atoms with Gasteiger partial charge in [0.25, 0.3) is 0 Å².